The van der Waals surface area contributed by atoms with Crippen molar-refractivity contribution >= 4 is 17.6 Å². The number of primary amides is 1. The maximum Gasteiger partial charge on any atom is 0.292 e. The van der Waals surface area contributed by atoms with E-state index in [9.17, 15) is 9.59 Å². The molecule has 0 unspecified atom stereocenters. The van der Waals surface area contributed by atoms with Crippen molar-refractivity contribution in [2.45, 2.75) is 0 Å². The zero-order valence-electron chi connectivity index (χ0n) is 8.19. The maximum atomic E-state index is 11.6. The molecule has 6 nitrogen and oxygen atoms in total. The van der Waals surface area contributed by atoms with E-state index in [0.717, 1.165) is 0 Å². The van der Waals surface area contributed by atoms with Crippen LogP contribution in [0.15, 0.2) is 35.1 Å². The average Bonchev–Trinajstić information content (AvgIpc) is 2.86. The molecule has 0 atom stereocenters. The van der Waals surface area contributed by atoms with Crippen LogP contribution in [0.25, 0.3) is 0 Å². The van der Waals surface area contributed by atoms with Gasteiger partial charge in [0.05, 0.1) is 11.8 Å². The fourth-order valence-corrected chi connectivity index (χ4v) is 1.26. The summed E-state index contributed by atoms with van der Waals surface area (Å²) in [5, 5.41) is 2.49. The number of nitrogens with two attached hydrogens (primary N) is 1. The molecule has 0 radical (unpaired) electrons. The third-order valence-electron chi connectivity index (χ3n) is 2.00. The molecule has 6 heteroatoms. The molecule has 0 aliphatic rings. The number of carbonyl (C=O) groups is 2. The van der Waals surface area contributed by atoms with Gasteiger partial charge in [0.2, 0.25) is 0 Å². The molecule has 2 rings (SSSR count). The van der Waals surface area contributed by atoms with Gasteiger partial charge in [-0.05, 0) is 18.2 Å². The van der Waals surface area contributed by atoms with Crippen LogP contribution in [0.3, 0.4) is 0 Å². The number of carbonyl (C=O) groups excluding carboxylic acids is 2. The summed E-state index contributed by atoms with van der Waals surface area (Å²) in [5.74, 6) is -0.648. The standard InChI is InChI=1S/C10H9N3O3/c11-8(14)6-3-4-12-9(6)13-10(15)7-2-1-5-16-7/h1-5,12H,(H2,11,14)(H,13,15). The van der Waals surface area contributed by atoms with Gasteiger partial charge in [0, 0.05) is 6.20 Å². The van der Waals surface area contributed by atoms with Crippen molar-refractivity contribution in [2.24, 2.45) is 5.73 Å². The lowest BCUT2D eigenvalue weighted by molar-refractivity contribution is 0.0996. The molecule has 0 spiro atoms. The Morgan fingerprint density at radius 3 is 2.81 bits per heavy atom. The molecule has 2 aromatic heterocycles. The highest BCUT2D eigenvalue weighted by Gasteiger charge is 2.14. The van der Waals surface area contributed by atoms with E-state index >= 15 is 0 Å². The second kappa shape index (κ2) is 3.93. The molecule has 0 saturated heterocycles. The summed E-state index contributed by atoms with van der Waals surface area (Å²) in [6.07, 6.45) is 2.90. The van der Waals surface area contributed by atoms with E-state index in [1.165, 1.54) is 24.6 Å². The van der Waals surface area contributed by atoms with E-state index in [1.54, 1.807) is 6.07 Å². The molecule has 82 valence electrons. The van der Waals surface area contributed by atoms with Gasteiger partial charge >= 0.3 is 0 Å². The summed E-state index contributed by atoms with van der Waals surface area (Å²) in [6, 6.07) is 4.60. The fraction of sp³-hybridized carbons (Fsp3) is 0. The highest BCUT2D eigenvalue weighted by Crippen LogP contribution is 2.13. The summed E-state index contributed by atoms with van der Waals surface area (Å²) in [5.41, 5.74) is 5.34. The Labute approximate surface area is 90.4 Å². The number of aromatic nitrogens is 1. The predicted molar refractivity (Wildman–Crippen MR) is 56.0 cm³/mol. The van der Waals surface area contributed by atoms with E-state index < -0.39 is 11.8 Å². The van der Waals surface area contributed by atoms with Gasteiger partial charge in [0.1, 0.15) is 5.82 Å². The van der Waals surface area contributed by atoms with Crippen LogP contribution in [0.4, 0.5) is 5.82 Å². The van der Waals surface area contributed by atoms with Gasteiger partial charge < -0.3 is 20.5 Å². The number of hydrogen-bond donors (Lipinski definition) is 3. The first kappa shape index (κ1) is 10.0. The van der Waals surface area contributed by atoms with Gasteiger partial charge in [0.15, 0.2) is 5.76 Å². The molecule has 2 aromatic rings. The fourth-order valence-electron chi connectivity index (χ4n) is 1.26. The smallest absolute Gasteiger partial charge is 0.292 e. The summed E-state index contributed by atoms with van der Waals surface area (Å²) in [7, 11) is 0. The third kappa shape index (κ3) is 1.81. The maximum absolute atomic E-state index is 11.6. The summed E-state index contributed by atoms with van der Waals surface area (Å²) < 4.78 is 4.90. The van der Waals surface area contributed by atoms with E-state index in [-0.39, 0.29) is 17.1 Å². The summed E-state index contributed by atoms with van der Waals surface area (Å²) >= 11 is 0. The monoisotopic (exact) mass is 219 g/mol. The van der Waals surface area contributed by atoms with Crippen molar-refractivity contribution in [1.29, 1.82) is 0 Å². The minimum atomic E-state index is -0.615. The molecule has 0 saturated carbocycles. The van der Waals surface area contributed by atoms with E-state index in [4.69, 9.17) is 10.2 Å². The van der Waals surface area contributed by atoms with Crippen LogP contribution in [0.1, 0.15) is 20.9 Å². The first-order valence-electron chi connectivity index (χ1n) is 4.50. The van der Waals surface area contributed by atoms with Gasteiger partial charge in [-0.1, -0.05) is 0 Å². The van der Waals surface area contributed by atoms with Gasteiger partial charge in [-0.15, -0.1) is 0 Å². The van der Waals surface area contributed by atoms with Crippen molar-refractivity contribution in [3.63, 3.8) is 0 Å². The lowest BCUT2D eigenvalue weighted by Crippen LogP contribution is -2.17. The van der Waals surface area contributed by atoms with Crippen molar-refractivity contribution in [1.82, 2.24) is 4.98 Å². The van der Waals surface area contributed by atoms with E-state index in [0.29, 0.717) is 0 Å². The van der Waals surface area contributed by atoms with Crippen LogP contribution in [-0.2, 0) is 0 Å². The van der Waals surface area contributed by atoms with Crippen LogP contribution in [0.5, 0.6) is 0 Å². The average molecular weight is 219 g/mol. The number of furan rings is 1. The van der Waals surface area contributed by atoms with Crippen molar-refractivity contribution < 1.29 is 14.0 Å². The number of nitrogens with one attached hydrogen (secondary N) is 2. The Kier molecular flexibility index (Phi) is 2.47. The Hall–Kier alpha value is -2.50. The topological polar surface area (TPSA) is 101 Å². The van der Waals surface area contributed by atoms with E-state index in [1.807, 2.05) is 0 Å². The van der Waals surface area contributed by atoms with Crippen LogP contribution >= 0.6 is 0 Å². The minimum Gasteiger partial charge on any atom is -0.459 e. The molecular formula is C10H9N3O3. The number of rotatable bonds is 3. The van der Waals surface area contributed by atoms with Gasteiger partial charge in [-0.3, -0.25) is 9.59 Å². The first-order chi connectivity index (χ1) is 7.68. The normalized spacial score (nSPS) is 10.0. The molecule has 0 aromatic carbocycles. The third-order valence-corrected chi connectivity index (χ3v) is 2.00. The summed E-state index contributed by atoms with van der Waals surface area (Å²) in [4.78, 5) is 25.3. The molecule has 2 amide bonds. The SMILES string of the molecule is NC(=O)c1cc[nH]c1NC(=O)c1ccco1. The Morgan fingerprint density at radius 2 is 2.19 bits per heavy atom. The summed E-state index contributed by atoms with van der Waals surface area (Å²) in [6.45, 7) is 0. The zero-order valence-corrected chi connectivity index (χ0v) is 8.19. The highest BCUT2D eigenvalue weighted by molar-refractivity contribution is 6.06. The molecule has 0 fully saturated rings. The number of H-pyrrole nitrogens is 1. The van der Waals surface area contributed by atoms with Crippen LogP contribution in [0.2, 0.25) is 0 Å². The largest absolute Gasteiger partial charge is 0.459 e. The highest BCUT2D eigenvalue weighted by atomic mass is 16.3. The van der Waals surface area contributed by atoms with Crippen molar-refractivity contribution in [3.8, 4) is 0 Å². The van der Waals surface area contributed by atoms with Crippen molar-refractivity contribution in [2.75, 3.05) is 5.32 Å². The Bertz CT molecular complexity index is 513. The van der Waals surface area contributed by atoms with Gasteiger partial charge in [-0.25, -0.2) is 0 Å². The van der Waals surface area contributed by atoms with Crippen molar-refractivity contribution in [3.05, 3.63) is 42.0 Å². The van der Waals surface area contributed by atoms with Gasteiger partial charge in [0.25, 0.3) is 11.8 Å². The quantitative estimate of drug-likeness (QED) is 0.716. The first-order valence-corrected chi connectivity index (χ1v) is 4.50. The predicted octanol–water partition coefficient (Wildman–Crippen LogP) is 0.959. The lowest BCUT2D eigenvalue weighted by Gasteiger charge is -2.02. The molecule has 4 N–H and O–H groups in total. The molecular weight excluding hydrogens is 210 g/mol. The number of amides is 2. The second-order valence-electron chi connectivity index (χ2n) is 3.06. The number of aromatic amines is 1. The Balaban J connectivity index is 2.18. The Morgan fingerprint density at radius 1 is 1.38 bits per heavy atom. The van der Waals surface area contributed by atoms with Crippen LogP contribution < -0.4 is 11.1 Å². The van der Waals surface area contributed by atoms with Crippen LogP contribution in [0, 0.1) is 0 Å². The zero-order chi connectivity index (χ0) is 11.5. The molecule has 0 aliphatic heterocycles. The minimum absolute atomic E-state index is 0.157. The number of hydrogen-bond acceptors (Lipinski definition) is 3. The molecule has 0 bridgehead atoms. The molecule has 0 aliphatic carbocycles. The molecule has 2 heterocycles. The number of anilines is 1. The van der Waals surface area contributed by atoms with Crippen LogP contribution in [-0.4, -0.2) is 16.8 Å². The molecule has 16 heavy (non-hydrogen) atoms. The second-order valence-corrected chi connectivity index (χ2v) is 3.06. The lowest BCUT2D eigenvalue weighted by atomic mass is 10.3. The van der Waals surface area contributed by atoms with E-state index in [2.05, 4.69) is 10.3 Å². The van der Waals surface area contributed by atoms with Gasteiger partial charge in [-0.2, -0.15) is 0 Å².